The maximum atomic E-state index is 7.55. The second-order valence-corrected chi connectivity index (χ2v) is 17.8. The molecule has 0 bridgehead atoms. The zero-order valence-corrected chi connectivity index (χ0v) is 25.6. The fraction of sp³-hybridized carbons (Fsp3) is 0.389. The third-order valence-corrected chi connectivity index (χ3v) is 15.2. The Labute approximate surface area is 237 Å². The van der Waals surface area contributed by atoms with Crippen LogP contribution in [-0.2, 0) is 11.0 Å². The van der Waals surface area contributed by atoms with Crippen LogP contribution in [0.15, 0.2) is 97.1 Å². The lowest BCUT2D eigenvalue weighted by Crippen LogP contribution is -2.48. The molecule has 0 fully saturated rings. The summed E-state index contributed by atoms with van der Waals surface area (Å²) in [5.41, 5.74) is 7.22. The van der Waals surface area contributed by atoms with Gasteiger partial charge < -0.3 is 9.33 Å². The third kappa shape index (κ3) is 5.44. The highest BCUT2D eigenvalue weighted by molar-refractivity contribution is 6.77. The molecule has 0 N–H and O–H groups in total. The number of rotatable bonds is 10. The van der Waals surface area contributed by atoms with Gasteiger partial charge in [-0.15, -0.1) is 0 Å². The van der Waals surface area contributed by atoms with Crippen LogP contribution in [0.1, 0.15) is 76.7 Å². The Morgan fingerprint density at radius 3 is 1.95 bits per heavy atom. The van der Waals surface area contributed by atoms with Gasteiger partial charge in [-0.1, -0.05) is 139 Å². The lowest BCUT2D eigenvalue weighted by atomic mass is 9.91. The van der Waals surface area contributed by atoms with E-state index in [9.17, 15) is 0 Å². The predicted octanol–water partition coefficient (Wildman–Crippen LogP) is 10.3. The van der Waals surface area contributed by atoms with Crippen LogP contribution in [0, 0.1) is 0 Å². The van der Waals surface area contributed by atoms with E-state index in [-0.39, 0.29) is 6.10 Å². The Morgan fingerprint density at radius 2 is 1.31 bits per heavy atom. The van der Waals surface area contributed by atoms with E-state index >= 15 is 0 Å². The van der Waals surface area contributed by atoms with E-state index in [0.717, 1.165) is 19.5 Å². The van der Waals surface area contributed by atoms with Gasteiger partial charge >= 0.3 is 0 Å². The van der Waals surface area contributed by atoms with Crippen LogP contribution >= 0.6 is 0 Å². The third-order valence-electron chi connectivity index (χ3n) is 9.07. The van der Waals surface area contributed by atoms with Gasteiger partial charge in [-0.2, -0.15) is 0 Å². The molecule has 1 heterocycles. The van der Waals surface area contributed by atoms with Gasteiger partial charge in [0.2, 0.25) is 8.32 Å². The first-order chi connectivity index (χ1) is 18.8. The molecular weight excluding hydrogens is 490 g/mol. The van der Waals surface area contributed by atoms with Gasteiger partial charge in [0.15, 0.2) is 0 Å². The standard InChI is InChI=1S/C36H45NOSi/c1-26(2)39(27(3)4,28(5)6)38-35(31-18-11-8-12-19-31)23-32-25-37(24-29-15-9-7-10-16-29)36-33-20-14-13-17-30(33)21-22-34(32)36/h7-22,26-28,32,35H,23-25H2,1-6H3. The van der Waals surface area contributed by atoms with Gasteiger partial charge in [0.25, 0.3) is 0 Å². The largest absolute Gasteiger partial charge is 0.409 e. The first-order valence-corrected chi connectivity index (χ1v) is 17.0. The van der Waals surface area contributed by atoms with Crippen molar-refractivity contribution in [3.05, 3.63) is 114 Å². The topological polar surface area (TPSA) is 12.5 Å². The van der Waals surface area contributed by atoms with Crippen LogP contribution in [0.3, 0.4) is 0 Å². The second-order valence-electron chi connectivity index (χ2n) is 12.4. The maximum Gasteiger partial charge on any atom is 0.201 e. The molecule has 0 aliphatic carbocycles. The molecule has 2 nitrogen and oxygen atoms in total. The highest BCUT2D eigenvalue weighted by Crippen LogP contribution is 2.50. The molecule has 0 radical (unpaired) electrons. The molecule has 0 saturated carbocycles. The number of benzene rings is 4. The molecule has 2 atom stereocenters. The SMILES string of the molecule is CC(C)[Si](OC(CC1CN(Cc2ccccc2)c2c1ccc1ccccc21)c1ccccc1)(C(C)C)C(C)C. The average molecular weight is 536 g/mol. The molecule has 0 aromatic heterocycles. The summed E-state index contributed by atoms with van der Waals surface area (Å²) in [7, 11) is -2.07. The normalized spacial score (nSPS) is 16.4. The molecule has 39 heavy (non-hydrogen) atoms. The van der Waals surface area contributed by atoms with Crippen LogP contribution in [-0.4, -0.2) is 14.9 Å². The molecule has 0 amide bonds. The van der Waals surface area contributed by atoms with Crippen molar-refractivity contribution in [2.75, 3.05) is 11.4 Å². The van der Waals surface area contributed by atoms with E-state index < -0.39 is 8.32 Å². The summed E-state index contributed by atoms with van der Waals surface area (Å²) in [6, 6.07) is 35.5. The van der Waals surface area contributed by atoms with Crippen molar-refractivity contribution in [3.8, 4) is 0 Å². The number of nitrogens with zero attached hydrogens (tertiary/aromatic N) is 1. The summed E-state index contributed by atoms with van der Waals surface area (Å²) in [4.78, 5) is 2.62. The molecule has 1 aliphatic heterocycles. The molecule has 204 valence electrons. The highest BCUT2D eigenvalue weighted by atomic mass is 28.4. The first-order valence-electron chi connectivity index (χ1n) is 14.8. The van der Waals surface area contributed by atoms with Gasteiger partial charge in [0.05, 0.1) is 6.10 Å². The molecule has 5 rings (SSSR count). The van der Waals surface area contributed by atoms with Gasteiger partial charge in [0.1, 0.15) is 0 Å². The van der Waals surface area contributed by atoms with E-state index in [1.165, 1.54) is 33.2 Å². The Hall–Kier alpha value is -2.88. The number of anilines is 1. The number of hydrogen-bond donors (Lipinski definition) is 0. The second kappa shape index (κ2) is 11.7. The van der Waals surface area contributed by atoms with Crippen LogP contribution in [0.25, 0.3) is 10.8 Å². The summed E-state index contributed by atoms with van der Waals surface area (Å²) >= 11 is 0. The van der Waals surface area contributed by atoms with Gasteiger partial charge in [0, 0.05) is 30.1 Å². The van der Waals surface area contributed by atoms with Crippen LogP contribution in [0.2, 0.25) is 16.6 Å². The Morgan fingerprint density at radius 1 is 0.718 bits per heavy atom. The lowest BCUT2D eigenvalue weighted by molar-refractivity contribution is 0.158. The average Bonchev–Trinajstić information content (AvgIpc) is 3.28. The monoisotopic (exact) mass is 535 g/mol. The zero-order chi connectivity index (χ0) is 27.6. The fourth-order valence-electron chi connectivity index (χ4n) is 7.39. The summed E-state index contributed by atoms with van der Waals surface area (Å²) in [6.45, 7) is 16.3. The van der Waals surface area contributed by atoms with E-state index in [0.29, 0.717) is 22.5 Å². The molecule has 4 aromatic rings. The number of fused-ring (bicyclic) bond motifs is 3. The molecule has 4 aromatic carbocycles. The minimum atomic E-state index is -2.07. The first kappa shape index (κ1) is 27.7. The minimum absolute atomic E-state index is 0.0889. The minimum Gasteiger partial charge on any atom is -0.409 e. The van der Waals surface area contributed by atoms with E-state index in [1.807, 2.05) is 0 Å². The van der Waals surface area contributed by atoms with Crippen molar-refractivity contribution >= 4 is 24.8 Å². The van der Waals surface area contributed by atoms with Crippen LogP contribution in [0.4, 0.5) is 5.69 Å². The smallest absolute Gasteiger partial charge is 0.201 e. The Balaban J connectivity index is 1.55. The molecule has 0 saturated heterocycles. The lowest BCUT2D eigenvalue weighted by Gasteiger charge is -2.45. The summed E-state index contributed by atoms with van der Waals surface area (Å²) in [6.07, 6.45) is 1.09. The van der Waals surface area contributed by atoms with Crippen molar-refractivity contribution in [1.82, 2.24) is 0 Å². The summed E-state index contributed by atoms with van der Waals surface area (Å²) in [5, 5.41) is 2.68. The van der Waals surface area contributed by atoms with Crippen molar-refractivity contribution in [2.45, 2.75) is 83.2 Å². The predicted molar refractivity (Wildman–Crippen MR) is 170 cm³/mol. The molecule has 2 unspecified atom stereocenters. The van der Waals surface area contributed by atoms with Crippen molar-refractivity contribution in [3.63, 3.8) is 0 Å². The zero-order valence-electron chi connectivity index (χ0n) is 24.6. The quantitative estimate of drug-likeness (QED) is 0.187. The Bertz CT molecular complexity index is 1340. The van der Waals surface area contributed by atoms with Crippen molar-refractivity contribution in [2.24, 2.45) is 0 Å². The maximum absolute atomic E-state index is 7.55. The van der Waals surface area contributed by atoms with Gasteiger partial charge in [-0.05, 0) is 45.1 Å². The van der Waals surface area contributed by atoms with Crippen molar-refractivity contribution in [1.29, 1.82) is 0 Å². The van der Waals surface area contributed by atoms with Crippen LogP contribution in [0.5, 0.6) is 0 Å². The fourth-order valence-corrected chi connectivity index (χ4v) is 12.9. The molecule has 1 aliphatic rings. The van der Waals surface area contributed by atoms with Crippen LogP contribution < -0.4 is 4.90 Å². The molecule has 3 heteroatoms. The van der Waals surface area contributed by atoms with Gasteiger partial charge in [-0.3, -0.25) is 0 Å². The highest BCUT2D eigenvalue weighted by Gasteiger charge is 2.47. The van der Waals surface area contributed by atoms with E-state index in [2.05, 4.69) is 144 Å². The summed E-state index contributed by atoms with van der Waals surface area (Å²) < 4.78 is 7.55. The Kier molecular flexibility index (Phi) is 8.30. The van der Waals surface area contributed by atoms with Crippen molar-refractivity contribution < 1.29 is 4.43 Å². The molecular formula is C36H45NOSi. The number of hydrogen-bond acceptors (Lipinski definition) is 2. The van der Waals surface area contributed by atoms with E-state index in [1.54, 1.807) is 0 Å². The van der Waals surface area contributed by atoms with Gasteiger partial charge in [-0.25, -0.2) is 0 Å². The summed E-state index contributed by atoms with van der Waals surface area (Å²) in [5.74, 6) is 0.414. The van der Waals surface area contributed by atoms with E-state index in [4.69, 9.17) is 4.43 Å². The molecule has 0 spiro atoms.